The van der Waals surface area contributed by atoms with Gasteiger partial charge in [-0.15, -0.1) is 0 Å². The van der Waals surface area contributed by atoms with E-state index in [2.05, 4.69) is 132 Å². The molecule has 0 saturated carbocycles. The summed E-state index contributed by atoms with van der Waals surface area (Å²) in [6, 6.07) is 34.1. The van der Waals surface area contributed by atoms with Crippen molar-refractivity contribution in [3.8, 4) is 23.7 Å². The molecule has 0 aliphatic carbocycles. The molecule has 2 heteroatoms. The molecule has 36 heavy (non-hydrogen) atoms. The van der Waals surface area contributed by atoms with Crippen LogP contribution in [0.1, 0.15) is 33.4 Å². The molecule has 2 nitrogen and oxygen atoms in total. The molecule has 0 radical (unpaired) electrons. The number of benzene rings is 6. The Morgan fingerprint density at radius 3 is 1.19 bits per heavy atom. The lowest BCUT2D eigenvalue weighted by Crippen LogP contribution is -2.47. The van der Waals surface area contributed by atoms with Crippen LogP contribution in [-0.2, 0) is 13.1 Å². The van der Waals surface area contributed by atoms with E-state index in [0.717, 1.165) is 35.3 Å². The zero-order valence-electron chi connectivity index (χ0n) is 20.1. The van der Waals surface area contributed by atoms with E-state index in [1.54, 1.807) is 0 Å². The number of hydrogen-bond donors (Lipinski definition) is 2. The molecule has 0 heterocycles. The van der Waals surface area contributed by atoms with Crippen LogP contribution in [-0.4, -0.2) is 0 Å². The van der Waals surface area contributed by atoms with Crippen molar-refractivity contribution in [2.45, 2.75) is 13.1 Å². The van der Waals surface area contributed by atoms with Gasteiger partial charge in [0.1, 0.15) is 0 Å². The molecule has 0 aliphatic heterocycles. The van der Waals surface area contributed by atoms with Gasteiger partial charge in [0, 0.05) is 33.4 Å². The minimum Gasteiger partial charge on any atom is -0.354 e. The van der Waals surface area contributed by atoms with Crippen LogP contribution < -0.4 is 11.5 Å². The summed E-state index contributed by atoms with van der Waals surface area (Å²) in [6.07, 6.45) is 0. The van der Waals surface area contributed by atoms with E-state index >= 15 is 0 Å². The molecule has 6 aromatic rings. The minimum atomic E-state index is 0.790. The Hall–Kier alpha value is -4.60. The molecule has 0 bridgehead atoms. The number of rotatable bonds is 2. The van der Waals surface area contributed by atoms with E-state index in [9.17, 15) is 0 Å². The van der Waals surface area contributed by atoms with Crippen LogP contribution in [0.15, 0.2) is 97.1 Å². The molecule has 0 amide bonds. The Labute approximate surface area is 210 Å². The maximum Gasteiger partial charge on any atom is 0.0997 e. The van der Waals surface area contributed by atoms with Gasteiger partial charge in [-0.1, -0.05) is 84.3 Å². The van der Waals surface area contributed by atoms with Crippen LogP contribution in [0.4, 0.5) is 0 Å². The molecule has 0 aromatic heterocycles. The standard InChI is InChI=1S/C34H24N2/c35-21-25-5-1-23(2-6-25)9-11-27-13-15-29-18-20-32-28(12-10-24-3-7-26(22-36)8-4-24)14-16-30-17-19-31(27)33(29)34(30)32/h1-8,13-20H,21-22,35-36H2/p+2. The summed E-state index contributed by atoms with van der Waals surface area (Å²) in [7, 11) is 0. The molecule has 170 valence electrons. The molecule has 0 aliphatic rings. The molecule has 6 aromatic carbocycles. The first-order valence-electron chi connectivity index (χ1n) is 12.2. The van der Waals surface area contributed by atoms with Crippen LogP contribution in [0.5, 0.6) is 0 Å². The molecular formula is C34H26N2+2. The van der Waals surface area contributed by atoms with Crippen LogP contribution in [0.25, 0.3) is 32.3 Å². The summed E-state index contributed by atoms with van der Waals surface area (Å²) >= 11 is 0. The zero-order chi connectivity index (χ0) is 24.5. The van der Waals surface area contributed by atoms with E-state index in [1.807, 2.05) is 0 Å². The van der Waals surface area contributed by atoms with Crippen molar-refractivity contribution in [3.63, 3.8) is 0 Å². The topological polar surface area (TPSA) is 55.3 Å². The monoisotopic (exact) mass is 462 g/mol. The summed E-state index contributed by atoms with van der Waals surface area (Å²) in [6.45, 7) is 1.58. The third-order valence-electron chi connectivity index (χ3n) is 6.83. The largest absolute Gasteiger partial charge is 0.354 e. The van der Waals surface area contributed by atoms with E-state index in [1.165, 1.54) is 43.4 Å². The van der Waals surface area contributed by atoms with Crippen molar-refractivity contribution >= 4 is 32.3 Å². The molecule has 0 fully saturated rings. The molecule has 0 spiro atoms. The second-order valence-electron chi connectivity index (χ2n) is 9.04. The van der Waals surface area contributed by atoms with Crippen molar-refractivity contribution in [2.75, 3.05) is 0 Å². The van der Waals surface area contributed by atoms with Gasteiger partial charge in [0.2, 0.25) is 0 Å². The Kier molecular flexibility index (Phi) is 5.61. The molecular weight excluding hydrogens is 436 g/mol. The quantitative estimate of drug-likeness (QED) is 0.273. The van der Waals surface area contributed by atoms with Gasteiger partial charge in [-0.3, -0.25) is 0 Å². The van der Waals surface area contributed by atoms with Gasteiger partial charge in [-0.25, -0.2) is 0 Å². The lowest BCUT2D eigenvalue weighted by Gasteiger charge is -2.13. The van der Waals surface area contributed by atoms with Crippen LogP contribution in [0.2, 0.25) is 0 Å². The van der Waals surface area contributed by atoms with Crippen LogP contribution in [0, 0.1) is 23.7 Å². The first-order chi connectivity index (χ1) is 17.7. The summed E-state index contributed by atoms with van der Waals surface area (Å²) in [4.78, 5) is 0. The maximum atomic E-state index is 3.95. The Bertz CT molecular complexity index is 1700. The van der Waals surface area contributed by atoms with Crippen LogP contribution in [0.3, 0.4) is 0 Å². The summed E-state index contributed by atoms with van der Waals surface area (Å²) in [5.41, 5.74) is 14.4. The van der Waals surface area contributed by atoms with E-state index in [0.29, 0.717) is 0 Å². The fourth-order valence-corrected chi connectivity index (χ4v) is 4.81. The highest BCUT2D eigenvalue weighted by atomic mass is 14.5. The molecule has 0 atom stereocenters. The first-order valence-corrected chi connectivity index (χ1v) is 12.2. The van der Waals surface area contributed by atoms with Gasteiger partial charge in [0.05, 0.1) is 13.1 Å². The lowest BCUT2D eigenvalue weighted by atomic mass is 9.90. The maximum absolute atomic E-state index is 3.95. The SMILES string of the molecule is [NH3+]Cc1ccc(C#Cc2ccc3ccc4c(C#Cc5ccc(C[NH3+])cc5)ccc5ccc2c3c54)cc1. The average Bonchev–Trinajstić information content (AvgIpc) is 2.94. The van der Waals surface area contributed by atoms with Gasteiger partial charge >= 0.3 is 0 Å². The smallest absolute Gasteiger partial charge is 0.0997 e. The third-order valence-corrected chi connectivity index (χ3v) is 6.83. The Balaban J connectivity index is 1.48. The zero-order valence-corrected chi connectivity index (χ0v) is 20.1. The first kappa shape index (κ1) is 21.9. The second-order valence-corrected chi connectivity index (χ2v) is 9.04. The lowest BCUT2D eigenvalue weighted by molar-refractivity contribution is -0.386. The highest BCUT2D eigenvalue weighted by molar-refractivity contribution is 6.24. The van der Waals surface area contributed by atoms with Crippen molar-refractivity contribution in [1.29, 1.82) is 0 Å². The number of hydrogen-bond acceptors (Lipinski definition) is 0. The second kappa shape index (κ2) is 9.21. The van der Waals surface area contributed by atoms with Crippen molar-refractivity contribution < 1.29 is 11.5 Å². The predicted octanol–water partition coefficient (Wildman–Crippen LogP) is 4.87. The van der Waals surface area contributed by atoms with Crippen molar-refractivity contribution in [3.05, 3.63) is 130 Å². The van der Waals surface area contributed by atoms with Gasteiger partial charge in [-0.2, -0.15) is 0 Å². The van der Waals surface area contributed by atoms with Crippen molar-refractivity contribution in [1.82, 2.24) is 0 Å². The van der Waals surface area contributed by atoms with E-state index < -0.39 is 0 Å². The fourth-order valence-electron chi connectivity index (χ4n) is 4.81. The summed E-state index contributed by atoms with van der Waals surface area (Å²) in [5, 5.41) is 7.33. The molecule has 6 rings (SSSR count). The van der Waals surface area contributed by atoms with Gasteiger partial charge in [-0.05, 0) is 68.7 Å². The highest BCUT2D eigenvalue weighted by Gasteiger charge is 2.12. The number of quaternary nitrogens is 2. The van der Waals surface area contributed by atoms with Gasteiger partial charge in [0.15, 0.2) is 0 Å². The molecule has 6 N–H and O–H groups in total. The fraction of sp³-hybridized carbons (Fsp3) is 0.0588. The van der Waals surface area contributed by atoms with E-state index in [-0.39, 0.29) is 0 Å². The van der Waals surface area contributed by atoms with Crippen molar-refractivity contribution in [2.24, 2.45) is 0 Å². The Morgan fingerprint density at radius 2 is 0.806 bits per heavy atom. The molecule has 0 saturated heterocycles. The molecule has 0 unspecified atom stereocenters. The van der Waals surface area contributed by atoms with E-state index in [4.69, 9.17) is 0 Å². The average molecular weight is 463 g/mol. The predicted molar refractivity (Wildman–Crippen MR) is 148 cm³/mol. The van der Waals surface area contributed by atoms with Crippen LogP contribution >= 0.6 is 0 Å². The summed E-state index contributed by atoms with van der Waals surface area (Å²) < 4.78 is 0. The Morgan fingerprint density at radius 1 is 0.417 bits per heavy atom. The summed E-state index contributed by atoms with van der Waals surface area (Å²) in [5.74, 6) is 13.5. The van der Waals surface area contributed by atoms with Gasteiger partial charge < -0.3 is 11.5 Å². The normalized spacial score (nSPS) is 10.8. The highest BCUT2D eigenvalue weighted by Crippen LogP contribution is 2.37. The third kappa shape index (κ3) is 3.96. The van der Waals surface area contributed by atoms with Gasteiger partial charge in [0.25, 0.3) is 0 Å². The minimum absolute atomic E-state index is 0.790.